The number of rotatable bonds is 7. The van der Waals surface area contributed by atoms with Gasteiger partial charge in [-0.15, -0.1) is 0 Å². The molecule has 128 valence electrons. The Balaban J connectivity index is 2.31. The maximum Gasteiger partial charge on any atom is 0.226 e. The molecule has 0 aliphatic rings. The molecule has 0 saturated carbocycles. The van der Waals surface area contributed by atoms with E-state index in [2.05, 4.69) is 33.0 Å². The van der Waals surface area contributed by atoms with Crippen molar-refractivity contribution in [3.63, 3.8) is 0 Å². The van der Waals surface area contributed by atoms with Gasteiger partial charge in [-0.2, -0.15) is 0 Å². The maximum absolute atomic E-state index is 12.0. The molecule has 0 aliphatic heterocycles. The van der Waals surface area contributed by atoms with Gasteiger partial charge in [0.25, 0.3) is 0 Å². The van der Waals surface area contributed by atoms with E-state index in [1.54, 1.807) is 0 Å². The standard InChI is InChI=1S/C18H28N2O2S/c1-13(2)20(14(3)4)18(23)19-17(21)7-6-12-22-16-10-8-15(5)9-11-16/h8-11,13-14H,6-7,12H2,1-5H3,(H,19,21,23). The highest BCUT2D eigenvalue weighted by molar-refractivity contribution is 7.80. The molecule has 1 N–H and O–H groups in total. The fourth-order valence-electron chi connectivity index (χ4n) is 2.37. The predicted molar refractivity (Wildman–Crippen MR) is 98.8 cm³/mol. The van der Waals surface area contributed by atoms with Crippen molar-refractivity contribution in [3.05, 3.63) is 29.8 Å². The molecular weight excluding hydrogens is 308 g/mol. The Morgan fingerprint density at radius 3 is 2.26 bits per heavy atom. The van der Waals surface area contributed by atoms with Crippen LogP contribution in [0.15, 0.2) is 24.3 Å². The van der Waals surface area contributed by atoms with Crippen LogP contribution in [0.25, 0.3) is 0 Å². The second-order valence-corrected chi connectivity index (χ2v) is 6.60. The Hall–Kier alpha value is -1.62. The van der Waals surface area contributed by atoms with Gasteiger partial charge in [-0.25, -0.2) is 0 Å². The van der Waals surface area contributed by atoms with Gasteiger partial charge in [0.2, 0.25) is 5.91 Å². The summed E-state index contributed by atoms with van der Waals surface area (Å²) < 4.78 is 5.62. The molecule has 1 amide bonds. The van der Waals surface area contributed by atoms with Gasteiger partial charge in [0, 0.05) is 18.5 Å². The summed E-state index contributed by atoms with van der Waals surface area (Å²) in [5.41, 5.74) is 1.20. The zero-order chi connectivity index (χ0) is 17.4. The molecule has 0 radical (unpaired) electrons. The summed E-state index contributed by atoms with van der Waals surface area (Å²) >= 11 is 5.33. The van der Waals surface area contributed by atoms with Gasteiger partial charge in [-0.05, 0) is 65.4 Å². The number of ether oxygens (including phenoxy) is 1. The molecule has 0 atom stereocenters. The highest BCUT2D eigenvalue weighted by Gasteiger charge is 2.18. The average Bonchev–Trinajstić information content (AvgIpc) is 2.44. The minimum absolute atomic E-state index is 0.0613. The lowest BCUT2D eigenvalue weighted by atomic mass is 10.2. The topological polar surface area (TPSA) is 41.6 Å². The molecule has 0 aromatic heterocycles. The molecule has 0 saturated heterocycles. The average molecular weight is 337 g/mol. The number of nitrogens with zero attached hydrogens (tertiary/aromatic N) is 1. The van der Waals surface area contributed by atoms with Crippen molar-refractivity contribution < 1.29 is 9.53 Å². The van der Waals surface area contributed by atoms with Crippen molar-refractivity contribution in [3.8, 4) is 5.75 Å². The highest BCUT2D eigenvalue weighted by Crippen LogP contribution is 2.12. The van der Waals surface area contributed by atoms with Crippen LogP contribution in [0.5, 0.6) is 5.75 Å². The number of thiocarbonyl (C=S) groups is 1. The number of carbonyl (C=O) groups excluding carboxylic acids is 1. The highest BCUT2D eigenvalue weighted by atomic mass is 32.1. The molecule has 1 rings (SSSR count). The number of amides is 1. The molecule has 5 heteroatoms. The summed E-state index contributed by atoms with van der Waals surface area (Å²) in [4.78, 5) is 14.0. The van der Waals surface area contributed by atoms with Gasteiger partial charge in [-0.1, -0.05) is 17.7 Å². The first-order valence-electron chi connectivity index (χ1n) is 8.13. The monoisotopic (exact) mass is 336 g/mol. The maximum atomic E-state index is 12.0. The van der Waals surface area contributed by atoms with E-state index in [1.165, 1.54) is 5.56 Å². The van der Waals surface area contributed by atoms with Crippen molar-refractivity contribution in [1.82, 2.24) is 10.2 Å². The number of nitrogens with one attached hydrogen (secondary N) is 1. The van der Waals surface area contributed by atoms with E-state index in [1.807, 2.05) is 36.1 Å². The molecule has 1 aromatic rings. The fourth-order valence-corrected chi connectivity index (χ4v) is 2.90. The molecule has 1 aromatic carbocycles. The molecule has 23 heavy (non-hydrogen) atoms. The summed E-state index contributed by atoms with van der Waals surface area (Å²) in [5.74, 6) is 0.770. The normalized spacial score (nSPS) is 10.7. The van der Waals surface area contributed by atoms with E-state index >= 15 is 0 Å². The van der Waals surface area contributed by atoms with E-state index in [4.69, 9.17) is 17.0 Å². The molecule has 0 spiro atoms. The van der Waals surface area contributed by atoms with E-state index in [9.17, 15) is 4.79 Å². The molecule has 0 unspecified atom stereocenters. The minimum Gasteiger partial charge on any atom is -0.494 e. The largest absolute Gasteiger partial charge is 0.494 e. The lowest BCUT2D eigenvalue weighted by Gasteiger charge is -2.33. The first kappa shape index (κ1) is 19.4. The second-order valence-electron chi connectivity index (χ2n) is 6.21. The van der Waals surface area contributed by atoms with Crippen LogP contribution in [0.4, 0.5) is 0 Å². The third-order valence-corrected chi connectivity index (χ3v) is 3.74. The first-order valence-corrected chi connectivity index (χ1v) is 8.53. The van der Waals surface area contributed by atoms with Crippen LogP contribution in [-0.2, 0) is 4.79 Å². The summed E-state index contributed by atoms with van der Waals surface area (Å²) in [5, 5.41) is 3.31. The van der Waals surface area contributed by atoms with Crippen molar-refractivity contribution in [2.24, 2.45) is 0 Å². The summed E-state index contributed by atoms with van der Waals surface area (Å²) in [6.45, 7) is 10.8. The minimum atomic E-state index is -0.0613. The van der Waals surface area contributed by atoms with Crippen LogP contribution in [0, 0.1) is 6.92 Å². The third kappa shape index (κ3) is 6.99. The van der Waals surface area contributed by atoms with Crippen molar-refractivity contribution >= 4 is 23.2 Å². The smallest absolute Gasteiger partial charge is 0.226 e. The van der Waals surface area contributed by atoms with Crippen molar-refractivity contribution in [2.75, 3.05) is 6.61 Å². The van der Waals surface area contributed by atoms with E-state index in [-0.39, 0.29) is 18.0 Å². The number of benzene rings is 1. The number of hydrogen-bond donors (Lipinski definition) is 1. The first-order chi connectivity index (χ1) is 10.8. The fraction of sp³-hybridized carbons (Fsp3) is 0.556. The SMILES string of the molecule is Cc1ccc(OCCCC(=O)NC(=S)N(C(C)C)C(C)C)cc1. The van der Waals surface area contributed by atoms with Gasteiger partial charge in [0.05, 0.1) is 6.61 Å². The van der Waals surface area contributed by atoms with Crippen LogP contribution in [0.2, 0.25) is 0 Å². The third-order valence-electron chi connectivity index (χ3n) is 3.43. The van der Waals surface area contributed by atoms with Crippen LogP contribution in [-0.4, -0.2) is 34.6 Å². The van der Waals surface area contributed by atoms with Gasteiger partial charge < -0.3 is 15.0 Å². The Labute approximate surface area is 145 Å². The second kappa shape index (κ2) is 9.50. The van der Waals surface area contributed by atoms with Crippen molar-refractivity contribution in [2.45, 2.75) is 59.5 Å². The quantitative estimate of drug-likeness (QED) is 0.609. The van der Waals surface area contributed by atoms with Gasteiger partial charge >= 0.3 is 0 Å². The van der Waals surface area contributed by atoms with E-state index in [0.717, 1.165) is 5.75 Å². The Kier molecular flexibility index (Phi) is 8.03. The summed E-state index contributed by atoms with van der Waals surface area (Å²) in [6, 6.07) is 8.40. The zero-order valence-corrected chi connectivity index (χ0v) is 15.6. The van der Waals surface area contributed by atoms with Crippen LogP contribution in [0.1, 0.15) is 46.1 Å². The molecule has 0 aliphatic carbocycles. The molecule has 0 fully saturated rings. The van der Waals surface area contributed by atoms with E-state index < -0.39 is 0 Å². The predicted octanol–water partition coefficient (Wildman–Crippen LogP) is 3.67. The Morgan fingerprint density at radius 1 is 1.17 bits per heavy atom. The Morgan fingerprint density at radius 2 is 1.74 bits per heavy atom. The van der Waals surface area contributed by atoms with Gasteiger partial charge in [0.15, 0.2) is 5.11 Å². The molecular formula is C18H28N2O2S. The molecule has 0 heterocycles. The van der Waals surface area contributed by atoms with Crippen LogP contribution in [0.3, 0.4) is 0 Å². The lowest BCUT2D eigenvalue weighted by molar-refractivity contribution is -0.120. The van der Waals surface area contributed by atoms with Gasteiger partial charge in [0.1, 0.15) is 5.75 Å². The number of hydrogen-bond acceptors (Lipinski definition) is 3. The van der Waals surface area contributed by atoms with Crippen molar-refractivity contribution in [1.29, 1.82) is 0 Å². The summed E-state index contributed by atoms with van der Waals surface area (Å²) in [6.07, 6.45) is 1.06. The lowest BCUT2D eigenvalue weighted by Crippen LogP contribution is -2.49. The zero-order valence-electron chi connectivity index (χ0n) is 14.8. The number of aryl methyl sites for hydroxylation is 1. The molecule has 0 bridgehead atoms. The number of carbonyl (C=O) groups is 1. The molecule has 4 nitrogen and oxygen atoms in total. The Bertz CT molecular complexity index is 504. The van der Waals surface area contributed by atoms with Crippen LogP contribution < -0.4 is 10.1 Å². The van der Waals surface area contributed by atoms with Gasteiger partial charge in [-0.3, -0.25) is 4.79 Å². The van der Waals surface area contributed by atoms with E-state index in [0.29, 0.717) is 24.6 Å². The van der Waals surface area contributed by atoms with Crippen LogP contribution >= 0.6 is 12.2 Å². The summed E-state index contributed by atoms with van der Waals surface area (Å²) in [7, 11) is 0.